The Morgan fingerprint density at radius 3 is 2.19 bits per heavy atom. The third kappa shape index (κ3) is 6.07. The summed E-state index contributed by atoms with van der Waals surface area (Å²) in [4.78, 5) is 5.01. The van der Waals surface area contributed by atoms with Gasteiger partial charge in [-0.25, -0.2) is 4.99 Å². The second-order valence-electron chi connectivity index (χ2n) is 15.9. The van der Waals surface area contributed by atoms with Gasteiger partial charge in [-0.3, -0.25) is 5.41 Å². The van der Waals surface area contributed by atoms with E-state index in [0.29, 0.717) is 6.42 Å². The van der Waals surface area contributed by atoms with Crippen LogP contribution in [-0.4, -0.2) is 11.5 Å². The Labute approximate surface area is 338 Å². The predicted molar refractivity (Wildman–Crippen MR) is 245 cm³/mol. The molecule has 0 aliphatic heterocycles. The van der Waals surface area contributed by atoms with E-state index in [0.717, 1.165) is 55.5 Å². The van der Waals surface area contributed by atoms with Crippen molar-refractivity contribution < 1.29 is 4.42 Å². The van der Waals surface area contributed by atoms with Crippen molar-refractivity contribution in [1.82, 2.24) is 0 Å². The fraction of sp³-hybridized carbons (Fsp3) is 0.0909. The predicted octanol–water partition coefficient (Wildman–Crippen LogP) is 14.8. The van der Waals surface area contributed by atoms with Crippen molar-refractivity contribution in [2.45, 2.75) is 32.6 Å². The number of nitrogens with one attached hydrogen (secondary N) is 1. The van der Waals surface area contributed by atoms with E-state index in [1.807, 2.05) is 30.3 Å². The number of allylic oxidation sites excluding steroid dienone is 4. The van der Waals surface area contributed by atoms with Gasteiger partial charge in [0, 0.05) is 28.2 Å². The minimum absolute atomic E-state index is 0.0270. The number of benzene rings is 8. The van der Waals surface area contributed by atoms with Crippen LogP contribution in [0, 0.1) is 5.41 Å². The minimum atomic E-state index is -0.0270. The maximum Gasteiger partial charge on any atom is 0.152 e. The number of aliphatic imine (C=N–C) groups is 1. The lowest BCUT2D eigenvalue weighted by molar-refractivity contribution is 0.639. The molecule has 0 spiro atoms. The molecule has 10 rings (SSSR count). The molecular weight excluding hydrogens is 705 g/mol. The average molecular weight is 747 g/mol. The van der Waals surface area contributed by atoms with Crippen LogP contribution >= 0.6 is 0 Å². The van der Waals surface area contributed by atoms with Gasteiger partial charge in [0.2, 0.25) is 0 Å². The van der Waals surface area contributed by atoms with Crippen LogP contribution in [0.5, 0.6) is 0 Å². The van der Waals surface area contributed by atoms with Gasteiger partial charge in [-0.2, -0.15) is 0 Å². The van der Waals surface area contributed by atoms with Gasteiger partial charge < -0.3 is 4.42 Å². The lowest BCUT2D eigenvalue weighted by atomic mass is 9.82. The van der Waals surface area contributed by atoms with Crippen LogP contribution in [0.4, 0.5) is 0 Å². The van der Waals surface area contributed by atoms with Crippen LogP contribution in [0.15, 0.2) is 197 Å². The highest BCUT2D eigenvalue weighted by atomic mass is 16.3. The van der Waals surface area contributed by atoms with E-state index in [1.54, 1.807) is 0 Å². The van der Waals surface area contributed by atoms with Crippen molar-refractivity contribution in [3.8, 4) is 22.3 Å². The van der Waals surface area contributed by atoms with Crippen LogP contribution in [0.1, 0.15) is 49.4 Å². The summed E-state index contributed by atoms with van der Waals surface area (Å²) in [6, 6.07) is 59.7. The Balaban J connectivity index is 1.04. The zero-order valence-electron chi connectivity index (χ0n) is 32.9. The van der Waals surface area contributed by atoms with Gasteiger partial charge in [0.05, 0.1) is 5.71 Å². The summed E-state index contributed by atoms with van der Waals surface area (Å²) < 4.78 is 6.49. The lowest BCUT2D eigenvalue weighted by Gasteiger charge is -2.21. The van der Waals surface area contributed by atoms with E-state index in [2.05, 4.69) is 172 Å². The molecular formula is C55H42N2O. The Bertz CT molecular complexity index is 3190. The molecule has 0 saturated heterocycles. The molecule has 1 aliphatic carbocycles. The van der Waals surface area contributed by atoms with Crippen LogP contribution in [0.25, 0.3) is 71.3 Å². The zero-order valence-corrected chi connectivity index (χ0v) is 32.9. The molecule has 0 saturated carbocycles. The number of hydrogen-bond acceptors (Lipinski definition) is 2. The van der Waals surface area contributed by atoms with Gasteiger partial charge in [-0.1, -0.05) is 171 Å². The van der Waals surface area contributed by atoms with Crippen molar-refractivity contribution >= 4 is 60.6 Å². The van der Waals surface area contributed by atoms with E-state index in [4.69, 9.17) is 14.8 Å². The highest BCUT2D eigenvalue weighted by Gasteiger charge is 2.33. The van der Waals surface area contributed by atoms with Crippen LogP contribution < -0.4 is 0 Å². The number of fused-ring (bicyclic) bond motifs is 7. The Kier molecular flexibility index (Phi) is 8.60. The largest absolute Gasteiger partial charge is 0.456 e. The SMILES string of the molecule is CC1=C(/C=C\CC(=NC(=N)c2ccccc2)c2cccc(-c3cccc4oc5ccc(-c6ccc7c(ccc8ccccc87)c6)cc5c34)c2)c2ccccc2C1(C)C. The number of amidine groups is 1. The van der Waals surface area contributed by atoms with Crippen molar-refractivity contribution in [2.24, 2.45) is 4.99 Å². The Morgan fingerprint density at radius 2 is 1.29 bits per heavy atom. The normalized spacial score (nSPS) is 14.0. The van der Waals surface area contributed by atoms with Crippen molar-refractivity contribution in [3.63, 3.8) is 0 Å². The molecule has 1 aliphatic rings. The number of nitrogens with zero attached hydrogens (tertiary/aromatic N) is 1. The van der Waals surface area contributed by atoms with Gasteiger partial charge in [-0.15, -0.1) is 0 Å². The molecule has 1 N–H and O–H groups in total. The first kappa shape index (κ1) is 35.3. The molecule has 0 fully saturated rings. The van der Waals surface area contributed by atoms with E-state index in [1.165, 1.54) is 49.4 Å². The smallest absolute Gasteiger partial charge is 0.152 e. The Hall–Kier alpha value is -7.10. The van der Waals surface area contributed by atoms with Gasteiger partial charge in [-0.05, 0) is 103 Å². The average Bonchev–Trinajstić information content (AvgIpc) is 3.74. The van der Waals surface area contributed by atoms with Crippen molar-refractivity contribution in [2.75, 3.05) is 0 Å². The molecule has 0 radical (unpaired) electrons. The second-order valence-corrected chi connectivity index (χ2v) is 15.9. The second kappa shape index (κ2) is 14.1. The van der Waals surface area contributed by atoms with Crippen molar-refractivity contribution in [3.05, 3.63) is 210 Å². The van der Waals surface area contributed by atoms with Crippen LogP contribution in [0.2, 0.25) is 0 Å². The highest BCUT2D eigenvalue weighted by Crippen LogP contribution is 2.46. The Morgan fingerprint density at radius 1 is 0.586 bits per heavy atom. The molecule has 278 valence electrons. The summed E-state index contributed by atoms with van der Waals surface area (Å²) >= 11 is 0. The maximum absolute atomic E-state index is 9.03. The van der Waals surface area contributed by atoms with Gasteiger partial charge in [0.1, 0.15) is 11.2 Å². The summed E-state index contributed by atoms with van der Waals surface area (Å²) in [6.45, 7) is 6.85. The van der Waals surface area contributed by atoms with Gasteiger partial charge in [0.25, 0.3) is 0 Å². The fourth-order valence-corrected chi connectivity index (χ4v) is 8.84. The molecule has 0 amide bonds. The highest BCUT2D eigenvalue weighted by molar-refractivity contribution is 6.15. The first-order valence-electron chi connectivity index (χ1n) is 20.0. The molecule has 3 heteroatoms. The monoisotopic (exact) mass is 746 g/mol. The molecule has 0 atom stereocenters. The van der Waals surface area contributed by atoms with Crippen molar-refractivity contribution in [1.29, 1.82) is 5.41 Å². The molecule has 3 nitrogen and oxygen atoms in total. The molecule has 1 heterocycles. The maximum atomic E-state index is 9.03. The zero-order chi connectivity index (χ0) is 39.4. The van der Waals surface area contributed by atoms with Crippen LogP contribution in [0.3, 0.4) is 0 Å². The molecule has 8 aromatic carbocycles. The summed E-state index contributed by atoms with van der Waals surface area (Å²) in [6.07, 6.45) is 5.03. The van der Waals surface area contributed by atoms with E-state index in [-0.39, 0.29) is 11.3 Å². The summed E-state index contributed by atoms with van der Waals surface area (Å²) in [5.74, 6) is 0.245. The third-order valence-electron chi connectivity index (χ3n) is 12.2. The summed E-state index contributed by atoms with van der Waals surface area (Å²) in [5.41, 5.74) is 14.1. The molecule has 9 aromatic rings. The molecule has 1 aromatic heterocycles. The fourth-order valence-electron chi connectivity index (χ4n) is 8.84. The van der Waals surface area contributed by atoms with Gasteiger partial charge >= 0.3 is 0 Å². The van der Waals surface area contributed by atoms with E-state index >= 15 is 0 Å². The quantitative estimate of drug-likeness (QED) is 0.0985. The first-order chi connectivity index (χ1) is 28.3. The minimum Gasteiger partial charge on any atom is -0.456 e. The summed E-state index contributed by atoms with van der Waals surface area (Å²) in [5, 5.41) is 16.2. The lowest BCUT2D eigenvalue weighted by Crippen LogP contribution is -2.15. The van der Waals surface area contributed by atoms with E-state index < -0.39 is 0 Å². The molecule has 58 heavy (non-hydrogen) atoms. The topological polar surface area (TPSA) is 49.4 Å². The number of rotatable bonds is 7. The summed E-state index contributed by atoms with van der Waals surface area (Å²) in [7, 11) is 0. The molecule has 0 unspecified atom stereocenters. The molecule has 0 bridgehead atoms. The van der Waals surface area contributed by atoms with Crippen LogP contribution in [-0.2, 0) is 5.41 Å². The third-order valence-corrected chi connectivity index (χ3v) is 12.2. The number of furan rings is 1. The van der Waals surface area contributed by atoms with E-state index in [9.17, 15) is 0 Å². The number of hydrogen-bond donors (Lipinski definition) is 1. The van der Waals surface area contributed by atoms with Gasteiger partial charge in [0.15, 0.2) is 5.84 Å². The standard InChI is InChI=1S/C55H42N2O/c1-35-43(47-20-9-10-23-49(47)55(35,2)3)21-12-24-50(57-54(56)37-15-5-4-6-16-37)42-18-11-17-40(33-42)46-22-13-25-52-53(46)48-34-39(29-31-51(48)58-52)38-28-30-45-41(32-38)27-26-36-14-7-8-19-44(36)45/h4-23,25-34,56H,24H2,1-3H3/b21-12-,56-54?,57-50?. The first-order valence-corrected chi connectivity index (χ1v) is 20.0.